The number of sulfonamides is 1. The molecule has 0 saturated carbocycles. The van der Waals surface area contributed by atoms with Crippen LogP contribution in [0.2, 0.25) is 0 Å². The van der Waals surface area contributed by atoms with Crippen molar-refractivity contribution in [3.05, 3.63) is 77.9 Å². The van der Waals surface area contributed by atoms with Crippen LogP contribution in [0, 0.1) is 0 Å². The first kappa shape index (κ1) is 18.4. The van der Waals surface area contributed by atoms with E-state index in [4.69, 9.17) is 0 Å². The summed E-state index contributed by atoms with van der Waals surface area (Å²) in [5, 5.41) is 0. The second-order valence-electron chi connectivity index (χ2n) is 6.21. The van der Waals surface area contributed by atoms with Gasteiger partial charge in [-0.3, -0.25) is 4.79 Å². The number of hydrogen-bond acceptors (Lipinski definition) is 3. The number of amides is 1. The first-order chi connectivity index (χ1) is 12.5. The van der Waals surface area contributed by atoms with Crippen LogP contribution in [0.3, 0.4) is 0 Å². The molecule has 5 nitrogen and oxygen atoms in total. The number of carbonyl (C=O) groups excluding carboxylic acids is 1. The second-order valence-corrected chi connectivity index (χ2v) is 8.18. The third-order valence-electron chi connectivity index (χ3n) is 4.35. The van der Waals surface area contributed by atoms with Crippen molar-refractivity contribution in [3.63, 3.8) is 0 Å². The van der Waals surface area contributed by atoms with Gasteiger partial charge in [0.05, 0.1) is 5.75 Å². The van der Waals surface area contributed by atoms with E-state index in [2.05, 4.69) is 0 Å². The van der Waals surface area contributed by atoms with E-state index in [0.29, 0.717) is 26.2 Å². The molecule has 1 amide bonds. The Balaban J connectivity index is 1.55. The maximum atomic E-state index is 12.6. The SMILES string of the molecule is O=C(C=Cc1ccccc1)N1CCN(S(=O)(=O)Cc2ccccc2)CC1. The summed E-state index contributed by atoms with van der Waals surface area (Å²) in [6.45, 7) is 1.48. The molecule has 0 aromatic heterocycles. The Kier molecular flexibility index (Phi) is 5.85. The molecular weight excluding hydrogens is 348 g/mol. The molecule has 1 saturated heterocycles. The summed E-state index contributed by atoms with van der Waals surface area (Å²) in [7, 11) is -3.36. The lowest BCUT2D eigenvalue weighted by Crippen LogP contribution is -2.50. The summed E-state index contributed by atoms with van der Waals surface area (Å²) in [5.41, 5.74) is 1.74. The van der Waals surface area contributed by atoms with Gasteiger partial charge in [0.25, 0.3) is 0 Å². The van der Waals surface area contributed by atoms with Crippen molar-refractivity contribution in [3.8, 4) is 0 Å². The summed E-state index contributed by atoms with van der Waals surface area (Å²) in [6.07, 6.45) is 3.32. The summed E-state index contributed by atoms with van der Waals surface area (Å²) in [4.78, 5) is 14.0. The average molecular weight is 370 g/mol. The molecule has 1 fully saturated rings. The van der Waals surface area contributed by atoms with E-state index < -0.39 is 10.0 Å². The Labute approximate surface area is 154 Å². The molecule has 1 aliphatic rings. The van der Waals surface area contributed by atoms with E-state index in [-0.39, 0.29) is 11.7 Å². The Hall–Kier alpha value is -2.44. The normalized spacial score (nSPS) is 16.1. The van der Waals surface area contributed by atoms with Crippen molar-refractivity contribution in [2.75, 3.05) is 26.2 Å². The zero-order chi connectivity index (χ0) is 18.4. The maximum Gasteiger partial charge on any atom is 0.246 e. The van der Waals surface area contributed by atoms with Crippen LogP contribution in [0.5, 0.6) is 0 Å². The van der Waals surface area contributed by atoms with Gasteiger partial charge in [-0.2, -0.15) is 4.31 Å². The summed E-state index contributed by atoms with van der Waals surface area (Å²) >= 11 is 0. The lowest BCUT2D eigenvalue weighted by molar-refractivity contribution is -0.127. The largest absolute Gasteiger partial charge is 0.337 e. The Morgan fingerprint density at radius 1 is 0.885 bits per heavy atom. The molecule has 2 aromatic carbocycles. The number of nitrogens with zero attached hydrogens (tertiary/aromatic N) is 2. The minimum atomic E-state index is -3.36. The highest BCUT2D eigenvalue weighted by Gasteiger charge is 2.28. The highest BCUT2D eigenvalue weighted by atomic mass is 32.2. The fourth-order valence-corrected chi connectivity index (χ4v) is 4.42. The van der Waals surface area contributed by atoms with Gasteiger partial charge in [-0.05, 0) is 17.2 Å². The predicted molar refractivity (Wildman–Crippen MR) is 103 cm³/mol. The third kappa shape index (κ3) is 4.80. The first-order valence-corrected chi connectivity index (χ1v) is 10.2. The van der Waals surface area contributed by atoms with Crippen LogP contribution >= 0.6 is 0 Å². The van der Waals surface area contributed by atoms with E-state index in [9.17, 15) is 13.2 Å². The first-order valence-electron chi connectivity index (χ1n) is 8.58. The van der Waals surface area contributed by atoms with E-state index in [1.54, 1.807) is 17.1 Å². The molecule has 2 aromatic rings. The number of hydrogen-bond donors (Lipinski definition) is 0. The fraction of sp³-hybridized carbons (Fsp3) is 0.250. The molecule has 0 N–H and O–H groups in total. The second kappa shape index (κ2) is 8.29. The minimum Gasteiger partial charge on any atom is -0.337 e. The standard InChI is InChI=1S/C20H22N2O3S/c23-20(12-11-18-7-3-1-4-8-18)21-13-15-22(16-14-21)26(24,25)17-19-9-5-2-6-10-19/h1-12H,13-17H2. The van der Waals surface area contributed by atoms with Crippen LogP contribution in [0.4, 0.5) is 0 Å². The fourth-order valence-electron chi connectivity index (χ4n) is 2.90. The predicted octanol–water partition coefficient (Wildman–Crippen LogP) is 2.37. The molecule has 6 heteroatoms. The van der Waals surface area contributed by atoms with Crippen LogP contribution in [0.25, 0.3) is 6.08 Å². The van der Waals surface area contributed by atoms with Gasteiger partial charge in [0, 0.05) is 32.3 Å². The van der Waals surface area contributed by atoms with Crippen LogP contribution in [-0.4, -0.2) is 49.7 Å². The van der Waals surface area contributed by atoms with Crippen LogP contribution < -0.4 is 0 Å². The molecular formula is C20H22N2O3S. The van der Waals surface area contributed by atoms with E-state index in [1.165, 1.54) is 4.31 Å². The van der Waals surface area contributed by atoms with Gasteiger partial charge in [-0.15, -0.1) is 0 Å². The Bertz CT molecular complexity index is 856. The zero-order valence-corrected chi connectivity index (χ0v) is 15.3. The Morgan fingerprint density at radius 3 is 2.08 bits per heavy atom. The monoisotopic (exact) mass is 370 g/mol. The van der Waals surface area contributed by atoms with E-state index in [1.807, 2.05) is 60.7 Å². The molecule has 26 heavy (non-hydrogen) atoms. The number of benzene rings is 2. The highest BCUT2D eigenvalue weighted by molar-refractivity contribution is 7.88. The molecule has 0 atom stereocenters. The van der Waals surface area contributed by atoms with Gasteiger partial charge in [-0.25, -0.2) is 8.42 Å². The quantitative estimate of drug-likeness (QED) is 0.760. The summed E-state index contributed by atoms with van der Waals surface area (Å²) in [6, 6.07) is 18.8. The molecule has 0 unspecified atom stereocenters. The van der Waals surface area contributed by atoms with Gasteiger partial charge in [-0.1, -0.05) is 60.7 Å². The third-order valence-corrected chi connectivity index (χ3v) is 6.20. The van der Waals surface area contributed by atoms with Crippen molar-refractivity contribution in [2.45, 2.75) is 5.75 Å². The maximum absolute atomic E-state index is 12.6. The molecule has 0 aliphatic carbocycles. The molecule has 1 heterocycles. The van der Waals surface area contributed by atoms with Gasteiger partial charge >= 0.3 is 0 Å². The Morgan fingerprint density at radius 2 is 1.46 bits per heavy atom. The van der Waals surface area contributed by atoms with Crippen LogP contribution in [0.1, 0.15) is 11.1 Å². The molecule has 3 rings (SSSR count). The average Bonchev–Trinajstić information content (AvgIpc) is 2.67. The summed E-state index contributed by atoms with van der Waals surface area (Å²) < 4.78 is 26.6. The summed E-state index contributed by atoms with van der Waals surface area (Å²) in [5.74, 6) is -0.0932. The lowest BCUT2D eigenvalue weighted by atomic mass is 10.2. The van der Waals surface area contributed by atoms with Crippen molar-refractivity contribution < 1.29 is 13.2 Å². The molecule has 136 valence electrons. The van der Waals surface area contributed by atoms with Crippen molar-refractivity contribution in [1.82, 2.24) is 9.21 Å². The minimum absolute atomic E-state index is 0.00427. The number of piperazine rings is 1. The van der Waals surface area contributed by atoms with Crippen molar-refractivity contribution in [2.24, 2.45) is 0 Å². The molecule has 0 radical (unpaired) electrons. The smallest absolute Gasteiger partial charge is 0.246 e. The highest BCUT2D eigenvalue weighted by Crippen LogP contribution is 2.14. The molecule has 1 aliphatic heterocycles. The van der Waals surface area contributed by atoms with Crippen LogP contribution in [-0.2, 0) is 20.6 Å². The number of rotatable bonds is 5. The molecule has 0 spiro atoms. The molecule has 0 bridgehead atoms. The van der Waals surface area contributed by atoms with Gasteiger partial charge < -0.3 is 4.90 Å². The number of carbonyl (C=O) groups is 1. The van der Waals surface area contributed by atoms with Crippen LogP contribution in [0.15, 0.2) is 66.7 Å². The van der Waals surface area contributed by atoms with Crippen molar-refractivity contribution >= 4 is 22.0 Å². The van der Waals surface area contributed by atoms with Gasteiger partial charge in [0.1, 0.15) is 0 Å². The zero-order valence-electron chi connectivity index (χ0n) is 14.5. The van der Waals surface area contributed by atoms with E-state index >= 15 is 0 Å². The van der Waals surface area contributed by atoms with Gasteiger partial charge in [0.2, 0.25) is 15.9 Å². The van der Waals surface area contributed by atoms with Gasteiger partial charge in [0.15, 0.2) is 0 Å². The van der Waals surface area contributed by atoms with Crippen molar-refractivity contribution in [1.29, 1.82) is 0 Å². The lowest BCUT2D eigenvalue weighted by Gasteiger charge is -2.33. The topological polar surface area (TPSA) is 57.7 Å². The van der Waals surface area contributed by atoms with E-state index in [0.717, 1.165) is 11.1 Å².